The van der Waals surface area contributed by atoms with Crippen LogP contribution in [0.1, 0.15) is 48.7 Å². The number of aromatic nitrogens is 7. The molecule has 28 heavy (non-hydrogen) atoms. The first-order valence-corrected chi connectivity index (χ1v) is 9.36. The van der Waals surface area contributed by atoms with Crippen LogP contribution in [0.25, 0.3) is 11.5 Å². The molecule has 0 aromatic carbocycles. The highest BCUT2D eigenvalue weighted by atomic mass is 15.3. The Bertz CT molecular complexity index is 1160. The fourth-order valence-corrected chi connectivity index (χ4v) is 3.24. The van der Waals surface area contributed by atoms with Gasteiger partial charge in [-0.05, 0) is 24.6 Å². The van der Waals surface area contributed by atoms with E-state index in [-0.39, 0.29) is 0 Å². The predicted molar refractivity (Wildman–Crippen MR) is 103 cm³/mol. The number of nitrogens with zero attached hydrogens (tertiary/aromatic N) is 8. The summed E-state index contributed by atoms with van der Waals surface area (Å²) in [5.74, 6) is 1.44. The van der Waals surface area contributed by atoms with E-state index in [1.807, 2.05) is 25.1 Å². The van der Waals surface area contributed by atoms with Gasteiger partial charge in [0.1, 0.15) is 18.1 Å². The first-order valence-electron chi connectivity index (χ1n) is 9.36. The van der Waals surface area contributed by atoms with Crippen LogP contribution >= 0.6 is 0 Å². The van der Waals surface area contributed by atoms with Crippen LogP contribution in [0, 0.1) is 11.3 Å². The highest BCUT2D eigenvalue weighted by Crippen LogP contribution is 2.20. The minimum atomic E-state index is 0.362. The molecule has 140 valence electrons. The zero-order valence-electron chi connectivity index (χ0n) is 15.9. The summed E-state index contributed by atoms with van der Waals surface area (Å²) in [6.07, 6.45) is 6.72. The standard InChI is InChI=1S/C20H20N8/c1-3-6-16-17(22-13-27-20(16)25-18(4-2)26-27)11-15-9-10-23-28(15)19-8-5-7-14(12-21)24-19/h5,7-10,13H,3-4,6,11H2,1-2H3. The maximum atomic E-state index is 9.12. The molecule has 4 aromatic rings. The van der Waals surface area contributed by atoms with E-state index >= 15 is 0 Å². The Morgan fingerprint density at radius 3 is 2.82 bits per heavy atom. The van der Waals surface area contributed by atoms with Crippen molar-refractivity contribution in [3.05, 3.63) is 65.3 Å². The zero-order chi connectivity index (χ0) is 19.5. The normalized spacial score (nSPS) is 11.0. The van der Waals surface area contributed by atoms with E-state index in [9.17, 15) is 0 Å². The lowest BCUT2D eigenvalue weighted by Crippen LogP contribution is -2.09. The summed E-state index contributed by atoms with van der Waals surface area (Å²) in [6.45, 7) is 4.19. The maximum Gasteiger partial charge on any atom is 0.162 e. The molecule has 0 aliphatic carbocycles. The maximum absolute atomic E-state index is 9.12. The average molecular weight is 372 g/mol. The van der Waals surface area contributed by atoms with Gasteiger partial charge in [-0.3, -0.25) is 0 Å². The van der Waals surface area contributed by atoms with Crippen LogP contribution in [0.2, 0.25) is 0 Å². The van der Waals surface area contributed by atoms with Gasteiger partial charge in [0, 0.05) is 24.6 Å². The molecule has 0 radical (unpaired) electrons. The van der Waals surface area contributed by atoms with Crippen molar-refractivity contribution >= 4 is 5.65 Å². The third-order valence-electron chi connectivity index (χ3n) is 4.57. The van der Waals surface area contributed by atoms with Crippen LogP contribution < -0.4 is 0 Å². The Hall–Kier alpha value is -3.60. The van der Waals surface area contributed by atoms with E-state index in [2.05, 4.69) is 38.1 Å². The van der Waals surface area contributed by atoms with Crippen molar-refractivity contribution in [3.8, 4) is 11.9 Å². The highest BCUT2D eigenvalue weighted by molar-refractivity contribution is 5.50. The summed E-state index contributed by atoms with van der Waals surface area (Å²) in [5.41, 5.74) is 4.26. The molecular weight excluding hydrogens is 352 g/mol. The van der Waals surface area contributed by atoms with Crippen LogP contribution in [0.3, 0.4) is 0 Å². The van der Waals surface area contributed by atoms with Crippen molar-refractivity contribution in [2.75, 3.05) is 0 Å². The molecule has 0 spiro atoms. The molecular formula is C20H20N8. The first kappa shape index (κ1) is 17.8. The lowest BCUT2D eigenvalue weighted by atomic mass is 10.1. The summed E-state index contributed by atoms with van der Waals surface area (Å²) in [7, 11) is 0. The van der Waals surface area contributed by atoms with Crippen LogP contribution in [0.5, 0.6) is 0 Å². The number of pyridine rings is 1. The molecule has 4 aromatic heterocycles. The molecule has 8 nitrogen and oxygen atoms in total. The summed E-state index contributed by atoms with van der Waals surface area (Å²) < 4.78 is 3.52. The van der Waals surface area contributed by atoms with Gasteiger partial charge < -0.3 is 0 Å². The second-order valence-corrected chi connectivity index (χ2v) is 6.47. The molecule has 0 aliphatic heterocycles. The molecule has 0 N–H and O–H groups in total. The third kappa shape index (κ3) is 3.22. The molecule has 0 saturated heterocycles. The van der Waals surface area contributed by atoms with Crippen molar-refractivity contribution in [1.29, 1.82) is 5.26 Å². The molecule has 8 heteroatoms. The minimum absolute atomic E-state index is 0.362. The van der Waals surface area contributed by atoms with Crippen molar-refractivity contribution in [2.24, 2.45) is 0 Å². The number of hydrogen-bond acceptors (Lipinski definition) is 6. The Morgan fingerprint density at radius 1 is 1.14 bits per heavy atom. The monoisotopic (exact) mass is 372 g/mol. The van der Waals surface area contributed by atoms with Gasteiger partial charge in [0.25, 0.3) is 0 Å². The summed E-state index contributed by atoms with van der Waals surface area (Å²) in [4.78, 5) is 13.7. The molecule has 0 amide bonds. The van der Waals surface area contributed by atoms with E-state index in [1.54, 1.807) is 27.8 Å². The third-order valence-corrected chi connectivity index (χ3v) is 4.57. The molecule has 0 bridgehead atoms. The quantitative estimate of drug-likeness (QED) is 0.516. The lowest BCUT2D eigenvalue weighted by molar-refractivity contribution is 0.774. The molecule has 4 rings (SSSR count). The number of rotatable bonds is 6. The van der Waals surface area contributed by atoms with E-state index in [4.69, 9.17) is 5.26 Å². The van der Waals surface area contributed by atoms with Crippen molar-refractivity contribution in [2.45, 2.75) is 39.5 Å². The fourth-order valence-electron chi connectivity index (χ4n) is 3.24. The second-order valence-electron chi connectivity index (χ2n) is 6.47. The van der Waals surface area contributed by atoms with E-state index < -0.39 is 0 Å². The van der Waals surface area contributed by atoms with Crippen LogP contribution in [0.15, 0.2) is 36.8 Å². The SMILES string of the molecule is CCCc1c(Cc2ccnn2-c2cccc(C#N)n2)ncn2nc(CC)nc12. The van der Waals surface area contributed by atoms with Crippen molar-refractivity contribution in [1.82, 2.24) is 34.3 Å². The Balaban J connectivity index is 1.76. The first-order chi connectivity index (χ1) is 13.7. The summed E-state index contributed by atoms with van der Waals surface area (Å²) in [5, 5.41) is 18.0. The fraction of sp³-hybridized carbons (Fsp3) is 0.300. The number of aryl methyl sites for hydroxylation is 2. The highest BCUT2D eigenvalue weighted by Gasteiger charge is 2.16. The minimum Gasteiger partial charge on any atom is -0.240 e. The number of fused-ring (bicyclic) bond motifs is 1. The average Bonchev–Trinajstić information content (AvgIpc) is 3.36. The Kier molecular flexibility index (Phi) is 4.81. The summed E-state index contributed by atoms with van der Waals surface area (Å²) >= 11 is 0. The molecule has 0 unspecified atom stereocenters. The van der Waals surface area contributed by atoms with Gasteiger partial charge in [0.15, 0.2) is 17.3 Å². The molecule has 0 atom stereocenters. The summed E-state index contributed by atoms with van der Waals surface area (Å²) in [6, 6.07) is 9.34. The van der Waals surface area contributed by atoms with Gasteiger partial charge in [0.05, 0.1) is 11.4 Å². The van der Waals surface area contributed by atoms with Gasteiger partial charge in [-0.2, -0.15) is 10.4 Å². The van der Waals surface area contributed by atoms with Gasteiger partial charge in [-0.1, -0.05) is 26.3 Å². The van der Waals surface area contributed by atoms with E-state index in [1.165, 1.54) is 0 Å². The Morgan fingerprint density at radius 2 is 2.04 bits per heavy atom. The van der Waals surface area contributed by atoms with Gasteiger partial charge in [-0.25, -0.2) is 24.1 Å². The zero-order valence-corrected chi connectivity index (χ0v) is 15.9. The van der Waals surface area contributed by atoms with Gasteiger partial charge in [0.2, 0.25) is 0 Å². The van der Waals surface area contributed by atoms with Crippen LogP contribution in [0.4, 0.5) is 0 Å². The molecule has 4 heterocycles. The number of nitriles is 1. The molecule has 0 fully saturated rings. The lowest BCUT2D eigenvalue weighted by Gasteiger charge is -2.10. The topological polar surface area (TPSA) is 97.6 Å². The largest absolute Gasteiger partial charge is 0.240 e. The van der Waals surface area contributed by atoms with Crippen molar-refractivity contribution in [3.63, 3.8) is 0 Å². The van der Waals surface area contributed by atoms with Crippen LogP contribution in [-0.2, 0) is 19.3 Å². The van der Waals surface area contributed by atoms with Crippen molar-refractivity contribution < 1.29 is 0 Å². The van der Waals surface area contributed by atoms with Crippen LogP contribution in [-0.4, -0.2) is 34.3 Å². The van der Waals surface area contributed by atoms with E-state index in [0.29, 0.717) is 17.9 Å². The molecule has 0 aliphatic rings. The Labute approximate surface area is 162 Å². The predicted octanol–water partition coefficient (Wildman–Crippen LogP) is 2.68. The smallest absolute Gasteiger partial charge is 0.162 e. The van der Waals surface area contributed by atoms with Gasteiger partial charge in [-0.15, -0.1) is 5.10 Å². The number of hydrogen-bond donors (Lipinski definition) is 0. The second kappa shape index (κ2) is 7.56. The molecule has 0 saturated carbocycles. The van der Waals surface area contributed by atoms with Gasteiger partial charge >= 0.3 is 0 Å². The van der Waals surface area contributed by atoms with E-state index in [0.717, 1.165) is 47.7 Å².